The highest BCUT2D eigenvalue weighted by Crippen LogP contribution is 2.32. The molecule has 0 amide bonds. The number of hydrogen-bond donors (Lipinski definition) is 0. The third-order valence-electron chi connectivity index (χ3n) is 1.74. The van der Waals surface area contributed by atoms with Gasteiger partial charge in [-0.2, -0.15) is 0 Å². The predicted molar refractivity (Wildman–Crippen MR) is 37.0 cm³/mol. The Labute approximate surface area is 56.2 Å². The van der Waals surface area contributed by atoms with Crippen molar-refractivity contribution in [2.75, 3.05) is 0 Å². The monoisotopic (exact) mass is 131 g/mol. The summed E-state index contributed by atoms with van der Waals surface area (Å²) in [5.74, 6) is 0. The van der Waals surface area contributed by atoms with Gasteiger partial charge in [0, 0.05) is 4.87 Å². The van der Waals surface area contributed by atoms with Gasteiger partial charge >= 0.3 is 0 Å². The summed E-state index contributed by atoms with van der Waals surface area (Å²) in [6.07, 6.45) is 7.06. The van der Waals surface area contributed by atoms with E-state index in [9.17, 15) is 0 Å². The lowest BCUT2D eigenvalue weighted by Gasteiger charge is -2.25. The van der Waals surface area contributed by atoms with Gasteiger partial charge in [0.05, 0.1) is 0 Å². The molecule has 1 heteroatoms. The third-order valence-corrected chi connectivity index (χ3v) is 2.12. The lowest BCUT2D eigenvalue weighted by molar-refractivity contribution is 0.474. The second-order valence-corrected chi connectivity index (χ2v) is 3.69. The van der Waals surface area contributed by atoms with Crippen LogP contribution < -0.4 is 0 Å². The predicted octanol–water partition coefficient (Wildman–Crippen LogP) is 2.76. The summed E-state index contributed by atoms with van der Waals surface area (Å²) < 4.78 is 0. The van der Waals surface area contributed by atoms with Crippen LogP contribution in [-0.2, 0) is 0 Å². The quantitative estimate of drug-likeness (QED) is 0.444. The molecule has 0 unspecified atom stereocenters. The Morgan fingerprint density at radius 3 is 2.12 bits per heavy atom. The zero-order valence-corrected chi connectivity index (χ0v) is 6.04. The van der Waals surface area contributed by atoms with Crippen molar-refractivity contribution in [1.82, 2.24) is 0 Å². The maximum Gasteiger partial charge on any atom is 0.0419 e. The van der Waals surface area contributed by atoms with E-state index < -0.39 is 0 Å². The summed E-state index contributed by atoms with van der Waals surface area (Å²) >= 11 is 6.05. The first-order valence-electron chi connectivity index (χ1n) is 3.21. The first-order chi connectivity index (χ1) is 3.71. The summed E-state index contributed by atoms with van der Waals surface area (Å²) in [5.41, 5.74) is 0. The van der Waals surface area contributed by atoms with Gasteiger partial charge < -0.3 is 0 Å². The highest BCUT2D eigenvalue weighted by molar-refractivity contribution is 6.23. The van der Waals surface area contributed by atoms with Crippen LogP contribution in [0.2, 0.25) is 0 Å². The van der Waals surface area contributed by atoms with E-state index in [0.29, 0.717) is 0 Å². The summed E-state index contributed by atoms with van der Waals surface area (Å²) in [6, 6.07) is 0. The standard InChI is InChI=1S/C7H12Cl/c1-7(8)5-3-2-4-6-7/h2H,3-6H2,1H3. The normalized spacial score (nSPS) is 27.8. The zero-order chi connectivity index (χ0) is 6.04. The molecule has 0 bridgehead atoms. The van der Waals surface area contributed by atoms with Gasteiger partial charge in [0.2, 0.25) is 0 Å². The molecule has 1 saturated carbocycles. The Bertz CT molecular complexity index is 68.5. The van der Waals surface area contributed by atoms with Crippen LogP contribution in [0.4, 0.5) is 0 Å². The van der Waals surface area contributed by atoms with Crippen molar-refractivity contribution in [3.8, 4) is 0 Å². The molecule has 0 spiro atoms. The molecule has 0 aliphatic heterocycles. The maximum absolute atomic E-state index is 6.05. The minimum absolute atomic E-state index is 0.120. The third kappa shape index (κ3) is 1.66. The van der Waals surface area contributed by atoms with Crippen molar-refractivity contribution in [1.29, 1.82) is 0 Å². The van der Waals surface area contributed by atoms with Crippen LogP contribution in [0, 0.1) is 6.42 Å². The van der Waals surface area contributed by atoms with Gasteiger partial charge in [0.15, 0.2) is 0 Å². The van der Waals surface area contributed by atoms with Crippen molar-refractivity contribution in [3.63, 3.8) is 0 Å². The van der Waals surface area contributed by atoms with Crippen molar-refractivity contribution in [2.24, 2.45) is 0 Å². The minimum Gasteiger partial charge on any atom is -0.120 e. The number of hydrogen-bond acceptors (Lipinski definition) is 0. The Balaban J connectivity index is 2.33. The molecule has 0 aromatic carbocycles. The average molecular weight is 132 g/mol. The molecular formula is C7H12Cl. The Morgan fingerprint density at radius 1 is 1.38 bits per heavy atom. The van der Waals surface area contributed by atoms with Crippen LogP contribution in [0.5, 0.6) is 0 Å². The van der Waals surface area contributed by atoms with Crippen LogP contribution in [0.1, 0.15) is 32.6 Å². The van der Waals surface area contributed by atoms with E-state index in [0.717, 1.165) is 12.8 Å². The lowest BCUT2D eigenvalue weighted by Crippen LogP contribution is -2.19. The molecule has 1 fully saturated rings. The molecular weight excluding hydrogens is 120 g/mol. The summed E-state index contributed by atoms with van der Waals surface area (Å²) in [6.45, 7) is 2.13. The fourth-order valence-corrected chi connectivity index (χ4v) is 1.29. The second kappa shape index (κ2) is 2.26. The molecule has 0 aromatic heterocycles. The Morgan fingerprint density at radius 2 is 1.88 bits per heavy atom. The molecule has 0 saturated heterocycles. The molecule has 0 nitrogen and oxygen atoms in total. The summed E-state index contributed by atoms with van der Waals surface area (Å²) in [5, 5.41) is 0. The van der Waals surface area contributed by atoms with Gasteiger partial charge in [-0.3, -0.25) is 0 Å². The van der Waals surface area contributed by atoms with E-state index in [4.69, 9.17) is 11.6 Å². The van der Waals surface area contributed by atoms with Crippen LogP contribution in [0.15, 0.2) is 0 Å². The van der Waals surface area contributed by atoms with Crippen molar-refractivity contribution >= 4 is 11.6 Å². The second-order valence-electron chi connectivity index (χ2n) is 2.78. The highest BCUT2D eigenvalue weighted by atomic mass is 35.5. The van der Waals surface area contributed by atoms with Gasteiger partial charge in [-0.25, -0.2) is 0 Å². The fraction of sp³-hybridized carbons (Fsp3) is 0.857. The number of halogens is 1. The summed E-state index contributed by atoms with van der Waals surface area (Å²) in [4.78, 5) is 0.120. The molecule has 47 valence electrons. The van der Waals surface area contributed by atoms with Crippen LogP contribution in [0.25, 0.3) is 0 Å². The maximum atomic E-state index is 6.05. The SMILES string of the molecule is CC1(Cl)CC[CH]CC1. The van der Waals surface area contributed by atoms with Crippen LogP contribution in [-0.4, -0.2) is 4.87 Å². The van der Waals surface area contributed by atoms with Gasteiger partial charge in [-0.15, -0.1) is 11.6 Å². The van der Waals surface area contributed by atoms with Gasteiger partial charge in [-0.05, 0) is 39.0 Å². The molecule has 1 aliphatic carbocycles. The Kier molecular flexibility index (Phi) is 1.81. The van der Waals surface area contributed by atoms with E-state index in [1.807, 2.05) is 0 Å². The van der Waals surface area contributed by atoms with Crippen LogP contribution >= 0.6 is 11.6 Å². The molecule has 0 aromatic rings. The first kappa shape index (κ1) is 6.41. The van der Waals surface area contributed by atoms with Gasteiger partial charge in [0.1, 0.15) is 0 Å². The van der Waals surface area contributed by atoms with E-state index in [-0.39, 0.29) is 4.87 Å². The minimum atomic E-state index is 0.120. The van der Waals surface area contributed by atoms with E-state index in [1.54, 1.807) is 0 Å². The summed E-state index contributed by atoms with van der Waals surface area (Å²) in [7, 11) is 0. The molecule has 0 atom stereocenters. The number of alkyl halides is 1. The molecule has 1 radical (unpaired) electrons. The highest BCUT2D eigenvalue weighted by Gasteiger charge is 2.22. The molecule has 0 heterocycles. The smallest absolute Gasteiger partial charge is 0.0419 e. The molecule has 1 rings (SSSR count). The average Bonchev–Trinajstić information content (AvgIpc) is 1.65. The first-order valence-corrected chi connectivity index (χ1v) is 3.59. The lowest BCUT2D eigenvalue weighted by atomic mass is 9.90. The molecule has 0 N–H and O–H groups in total. The largest absolute Gasteiger partial charge is 0.120 e. The van der Waals surface area contributed by atoms with Crippen LogP contribution in [0.3, 0.4) is 0 Å². The fourth-order valence-electron chi connectivity index (χ4n) is 1.08. The van der Waals surface area contributed by atoms with Gasteiger partial charge in [0.25, 0.3) is 0 Å². The topological polar surface area (TPSA) is 0 Å². The molecule has 8 heavy (non-hydrogen) atoms. The number of rotatable bonds is 0. The van der Waals surface area contributed by atoms with Crippen molar-refractivity contribution in [3.05, 3.63) is 6.42 Å². The van der Waals surface area contributed by atoms with E-state index >= 15 is 0 Å². The van der Waals surface area contributed by atoms with E-state index in [1.165, 1.54) is 12.8 Å². The molecule has 1 aliphatic rings. The van der Waals surface area contributed by atoms with Crippen molar-refractivity contribution < 1.29 is 0 Å². The van der Waals surface area contributed by atoms with E-state index in [2.05, 4.69) is 13.3 Å². The Hall–Kier alpha value is 0.290. The zero-order valence-electron chi connectivity index (χ0n) is 5.28. The van der Waals surface area contributed by atoms with Gasteiger partial charge in [-0.1, -0.05) is 0 Å². The van der Waals surface area contributed by atoms with Crippen molar-refractivity contribution in [2.45, 2.75) is 37.5 Å².